The predicted molar refractivity (Wildman–Crippen MR) is 90.0 cm³/mol. The van der Waals surface area contributed by atoms with E-state index in [1.165, 1.54) is 24.1 Å². The number of piperidine rings is 1. The number of rotatable bonds is 4. The second-order valence-electron chi connectivity index (χ2n) is 5.61. The van der Waals surface area contributed by atoms with Gasteiger partial charge in [-0.1, -0.05) is 41.9 Å². The normalized spacial score (nSPS) is 16.1. The first-order valence-corrected chi connectivity index (χ1v) is 7.97. The van der Waals surface area contributed by atoms with Crippen LogP contribution in [0.4, 0.5) is 5.69 Å². The van der Waals surface area contributed by atoms with Crippen molar-refractivity contribution in [3.05, 3.63) is 65.2 Å². The average Bonchev–Trinajstić information content (AvgIpc) is 2.54. The Balaban J connectivity index is 1.48. The summed E-state index contributed by atoms with van der Waals surface area (Å²) >= 11 is 6.02. The Morgan fingerprint density at radius 1 is 1.00 bits per heavy atom. The molecule has 1 saturated heterocycles. The highest BCUT2D eigenvalue weighted by molar-refractivity contribution is 6.30. The zero-order valence-corrected chi connectivity index (χ0v) is 12.9. The highest BCUT2D eigenvalue weighted by Gasteiger charge is 2.18. The molecule has 1 aliphatic heterocycles. The van der Waals surface area contributed by atoms with E-state index in [9.17, 15) is 0 Å². The quantitative estimate of drug-likeness (QED) is 0.914. The molecular weight excluding hydrogens is 280 g/mol. The Kier molecular flexibility index (Phi) is 4.79. The fraction of sp³-hybridized carbons (Fsp3) is 0.333. The molecule has 2 nitrogen and oxygen atoms in total. The van der Waals surface area contributed by atoms with Crippen LogP contribution < -0.4 is 10.2 Å². The number of nitrogens with zero attached hydrogens (tertiary/aromatic N) is 1. The van der Waals surface area contributed by atoms with Crippen LogP contribution in [0.15, 0.2) is 54.6 Å². The number of anilines is 1. The Labute approximate surface area is 131 Å². The molecule has 110 valence electrons. The molecule has 0 unspecified atom stereocenters. The van der Waals surface area contributed by atoms with Gasteiger partial charge in [0.1, 0.15) is 0 Å². The van der Waals surface area contributed by atoms with Crippen LogP contribution in [0.1, 0.15) is 18.4 Å². The number of hydrogen-bond acceptors (Lipinski definition) is 2. The van der Waals surface area contributed by atoms with Crippen molar-refractivity contribution in [3.63, 3.8) is 0 Å². The third-order valence-electron chi connectivity index (χ3n) is 4.10. The highest BCUT2D eigenvalue weighted by atomic mass is 35.5. The number of para-hydroxylation sites is 1. The molecule has 0 saturated carbocycles. The van der Waals surface area contributed by atoms with Crippen LogP contribution in [0.25, 0.3) is 0 Å². The van der Waals surface area contributed by atoms with E-state index in [2.05, 4.69) is 46.6 Å². The molecule has 21 heavy (non-hydrogen) atoms. The smallest absolute Gasteiger partial charge is 0.0409 e. The third-order valence-corrected chi connectivity index (χ3v) is 4.34. The van der Waals surface area contributed by atoms with Gasteiger partial charge in [-0.25, -0.2) is 0 Å². The molecular formula is C18H21ClN2. The van der Waals surface area contributed by atoms with Crippen LogP contribution in [-0.4, -0.2) is 19.1 Å². The minimum atomic E-state index is 0.601. The van der Waals surface area contributed by atoms with Gasteiger partial charge in [0.25, 0.3) is 0 Å². The van der Waals surface area contributed by atoms with Gasteiger partial charge in [-0.05, 0) is 42.7 Å². The van der Waals surface area contributed by atoms with Crippen LogP contribution in [-0.2, 0) is 6.54 Å². The van der Waals surface area contributed by atoms with Gasteiger partial charge in [-0.2, -0.15) is 0 Å². The topological polar surface area (TPSA) is 15.3 Å². The van der Waals surface area contributed by atoms with Crippen molar-refractivity contribution in [3.8, 4) is 0 Å². The summed E-state index contributed by atoms with van der Waals surface area (Å²) in [7, 11) is 0. The number of halogens is 1. The van der Waals surface area contributed by atoms with Gasteiger partial charge < -0.3 is 10.2 Å². The first-order valence-electron chi connectivity index (χ1n) is 7.59. The van der Waals surface area contributed by atoms with Gasteiger partial charge in [0.2, 0.25) is 0 Å². The third kappa shape index (κ3) is 3.99. The van der Waals surface area contributed by atoms with Crippen molar-refractivity contribution in [2.24, 2.45) is 0 Å². The molecule has 0 spiro atoms. The highest BCUT2D eigenvalue weighted by Crippen LogP contribution is 2.19. The summed E-state index contributed by atoms with van der Waals surface area (Å²) in [6.45, 7) is 3.14. The van der Waals surface area contributed by atoms with Crippen molar-refractivity contribution in [1.29, 1.82) is 0 Å². The van der Waals surface area contributed by atoms with Gasteiger partial charge in [-0.3, -0.25) is 0 Å². The minimum Gasteiger partial charge on any atom is -0.371 e. The van der Waals surface area contributed by atoms with Crippen molar-refractivity contribution < 1.29 is 0 Å². The average molecular weight is 301 g/mol. The van der Waals surface area contributed by atoms with Crippen LogP contribution in [0, 0.1) is 0 Å². The minimum absolute atomic E-state index is 0.601. The molecule has 3 heteroatoms. The van der Waals surface area contributed by atoms with Crippen LogP contribution in [0.2, 0.25) is 5.02 Å². The van der Waals surface area contributed by atoms with Crippen molar-refractivity contribution in [2.75, 3.05) is 18.0 Å². The SMILES string of the molecule is Clc1cccc(CNC2CCN(c3ccccc3)CC2)c1. The maximum atomic E-state index is 6.02. The zero-order valence-electron chi connectivity index (χ0n) is 12.1. The van der Waals surface area contributed by atoms with E-state index in [0.717, 1.165) is 24.7 Å². The Morgan fingerprint density at radius 2 is 1.76 bits per heavy atom. The molecule has 2 aromatic carbocycles. The van der Waals surface area contributed by atoms with Gasteiger partial charge >= 0.3 is 0 Å². The molecule has 0 amide bonds. The molecule has 3 rings (SSSR count). The van der Waals surface area contributed by atoms with E-state index >= 15 is 0 Å². The van der Waals surface area contributed by atoms with Gasteiger partial charge in [0, 0.05) is 36.4 Å². The van der Waals surface area contributed by atoms with Crippen molar-refractivity contribution in [2.45, 2.75) is 25.4 Å². The standard InChI is InChI=1S/C18H21ClN2/c19-16-6-4-5-15(13-16)14-20-17-9-11-21(12-10-17)18-7-2-1-3-8-18/h1-8,13,17,20H,9-12,14H2. The lowest BCUT2D eigenvalue weighted by Crippen LogP contribution is -2.42. The fourth-order valence-corrected chi connectivity index (χ4v) is 3.10. The van der Waals surface area contributed by atoms with E-state index in [0.29, 0.717) is 6.04 Å². The second kappa shape index (κ2) is 6.97. The number of benzene rings is 2. The molecule has 0 aliphatic carbocycles. The molecule has 0 atom stereocenters. The Hall–Kier alpha value is -1.51. The fourth-order valence-electron chi connectivity index (χ4n) is 2.89. The lowest BCUT2D eigenvalue weighted by molar-refractivity contribution is 0.414. The summed E-state index contributed by atoms with van der Waals surface area (Å²) in [6.07, 6.45) is 2.38. The Morgan fingerprint density at radius 3 is 2.48 bits per heavy atom. The molecule has 1 fully saturated rings. The van der Waals surface area contributed by atoms with Crippen LogP contribution >= 0.6 is 11.6 Å². The monoisotopic (exact) mass is 300 g/mol. The summed E-state index contributed by atoms with van der Waals surface area (Å²) in [6, 6.07) is 19.4. The summed E-state index contributed by atoms with van der Waals surface area (Å²) in [5.41, 5.74) is 2.60. The summed E-state index contributed by atoms with van der Waals surface area (Å²) < 4.78 is 0. The van der Waals surface area contributed by atoms with E-state index < -0.39 is 0 Å². The van der Waals surface area contributed by atoms with E-state index in [-0.39, 0.29) is 0 Å². The van der Waals surface area contributed by atoms with E-state index in [1.54, 1.807) is 0 Å². The molecule has 0 bridgehead atoms. The second-order valence-corrected chi connectivity index (χ2v) is 6.04. The molecule has 2 aromatic rings. The number of nitrogens with one attached hydrogen (secondary N) is 1. The van der Waals surface area contributed by atoms with Crippen LogP contribution in [0.5, 0.6) is 0 Å². The van der Waals surface area contributed by atoms with E-state index in [1.807, 2.05) is 18.2 Å². The molecule has 1 N–H and O–H groups in total. The van der Waals surface area contributed by atoms with Gasteiger partial charge in [0.05, 0.1) is 0 Å². The first kappa shape index (κ1) is 14.4. The first-order chi connectivity index (χ1) is 10.3. The summed E-state index contributed by atoms with van der Waals surface area (Å²) in [4.78, 5) is 2.47. The number of hydrogen-bond donors (Lipinski definition) is 1. The van der Waals surface area contributed by atoms with Crippen molar-refractivity contribution in [1.82, 2.24) is 5.32 Å². The lowest BCUT2D eigenvalue weighted by atomic mass is 10.0. The van der Waals surface area contributed by atoms with Crippen molar-refractivity contribution >= 4 is 17.3 Å². The maximum Gasteiger partial charge on any atom is 0.0409 e. The maximum absolute atomic E-state index is 6.02. The van der Waals surface area contributed by atoms with Gasteiger partial charge in [0.15, 0.2) is 0 Å². The largest absolute Gasteiger partial charge is 0.371 e. The Bertz CT molecular complexity index is 562. The summed E-state index contributed by atoms with van der Waals surface area (Å²) in [5, 5.41) is 4.46. The predicted octanol–water partition coefficient (Wildman–Crippen LogP) is 4.10. The zero-order chi connectivity index (χ0) is 14.5. The molecule has 1 heterocycles. The van der Waals surface area contributed by atoms with E-state index in [4.69, 9.17) is 11.6 Å². The molecule has 0 radical (unpaired) electrons. The van der Waals surface area contributed by atoms with Gasteiger partial charge in [-0.15, -0.1) is 0 Å². The lowest BCUT2D eigenvalue weighted by Gasteiger charge is -2.34. The van der Waals surface area contributed by atoms with Crippen LogP contribution in [0.3, 0.4) is 0 Å². The molecule has 0 aromatic heterocycles. The molecule has 1 aliphatic rings. The summed E-state index contributed by atoms with van der Waals surface area (Å²) in [5.74, 6) is 0.